The van der Waals surface area contributed by atoms with E-state index in [2.05, 4.69) is 37.1 Å². The number of unbranched alkanes of at least 4 members (excludes halogenated alkanes) is 6. The third-order valence-corrected chi connectivity index (χ3v) is 10.4. The van der Waals surface area contributed by atoms with Crippen molar-refractivity contribution in [2.45, 2.75) is 128 Å². The summed E-state index contributed by atoms with van der Waals surface area (Å²) >= 11 is 1.48. The smallest absolute Gasteiger partial charge is 0.378 e. The monoisotopic (exact) mass is 594 g/mol. The van der Waals surface area contributed by atoms with E-state index in [1.165, 1.54) is 61.0 Å². The van der Waals surface area contributed by atoms with Crippen molar-refractivity contribution < 1.29 is 24.0 Å². The Bertz CT molecular complexity index is 1080. The second-order valence-electron chi connectivity index (χ2n) is 12.6. The highest BCUT2D eigenvalue weighted by Gasteiger charge is 2.48. The standard InChI is InChI=1S/C36H51NO4S/c1-3-5-7-11-21-39-26-17-19-29-32(24-26)41-33-25-27(40-22-12-8-6-4-2)18-20-30(33)35(29)28-14-9-10-15-31(28)37-36(38)34-16-13-23-42-34/h9-10,13-16,23,26-27,29-30,32-33H,3-8,11-12,17-22,24-25H2,1-2H3/p+1. The summed E-state index contributed by atoms with van der Waals surface area (Å²) in [6.45, 7) is 6.22. The van der Waals surface area contributed by atoms with E-state index >= 15 is 0 Å². The predicted octanol–water partition coefficient (Wildman–Crippen LogP) is 7.13. The van der Waals surface area contributed by atoms with Crippen LogP contribution in [-0.2, 0) is 14.2 Å². The van der Waals surface area contributed by atoms with Gasteiger partial charge in [0.1, 0.15) is 4.88 Å². The largest absolute Gasteiger partial charge is 0.428 e. The lowest BCUT2D eigenvalue weighted by molar-refractivity contribution is -0.343. The number of hydrogen-bond acceptors (Lipinski definition) is 5. The number of thiophene rings is 1. The normalized spacial score (nSPS) is 30.0. The van der Waals surface area contributed by atoms with Gasteiger partial charge in [0.15, 0.2) is 0 Å². The number of carbonyl (C=O) groups excluding carboxylic acids is 1. The van der Waals surface area contributed by atoms with Gasteiger partial charge in [0.05, 0.1) is 24.4 Å². The molecule has 5 rings (SSSR count). The summed E-state index contributed by atoms with van der Waals surface area (Å²) in [4.78, 5) is 17.1. The van der Waals surface area contributed by atoms with Crippen molar-refractivity contribution in [3.8, 4) is 0 Å². The zero-order valence-corrected chi connectivity index (χ0v) is 26.7. The summed E-state index contributed by atoms with van der Waals surface area (Å²) in [6, 6.07) is 3.83. The molecule has 1 aliphatic heterocycles. The third-order valence-electron chi connectivity index (χ3n) is 9.57. The van der Waals surface area contributed by atoms with Crippen molar-refractivity contribution in [1.82, 2.24) is 0 Å². The minimum atomic E-state index is -0.0291. The van der Waals surface area contributed by atoms with Crippen LogP contribution in [0.15, 0.2) is 53.0 Å². The van der Waals surface area contributed by atoms with Crippen molar-refractivity contribution in [1.29, 1.82) is 0 Å². The molecular formula is C36H52NO4S+. The van der Waals surface area contributed by atoms with Gasteiger partial charge in [0.2, 0.25) is 5.71 Å². The highest BCUT2D eigenvalue weighted by Crippen LogP contribution is 2.49. The maximum absolute atomic E-state index is 13.1. The molecule has 1 aromatic heterocycles. The molecule has 5 nitrogen and oxygen atoms in total. The number of hydrogen-bond donors (Lipinski definition) is 1. The third kappa shape index (κ3) is 8.19. The van der Waals surface area contributed by atoms with Gasteiger partial charge in [-0.25, -0.2) is 4.79 Å². The maximum Gasteiger partial charge on any atom is 0.428 e. The first-order valence-corrected chi connectivity index (χ1v) is 17.8. The Morgan fingerprint density at radius 1 is 0.857 bits per heavy atom. The molecule has 3 aliphatic carbocycles. The number of carbonyl (C=O) groups is 1. The highest BCUT2D eigenvalue weighted by atomic mass is 32.1. The number of rotatable bonds is 13. The average molecular weight is 595 g/mol. The fourth-order valence-electron chi connectivity index (χ4n) is 7.39. The molecule has 6 atom stereocenters. The second kappa shape index (κ2) is 16.3. The molecule has 0 radical (unpaired) electrons. The Hall–Kier alpha value is -1.86. The summed E-state index contributed by atoms with van der Waals surface area (Å²) in [5, 5.41) is 1.96. The van der Waals surface area contributed by atoms with Gasteiger partial charge in [-0.15, -0.1) is 11.3 Å². The quantitative estimate of drug-likeness (QED) is 0.247. The van der Waals surface area contributed by atoms with Gasteiger partial charge in [0, 0.05) is 49.5 Å². The van der Waals surface area contributed by atoms with Crippen LogP contribution in [-0.4, -0.2) is 49.2 Å². The molecule has 0 aromatic carbocycles. The lowest BCUT2D eigenvalue weighted by Crippen LogP contribution is -2.77. The average Bonchev–Trinajstić information content (AvgIpc) is 3.56. The molecule has 2 heterocycles. The topological polar surface area (TPSA) is 58.7 Å². The number of nitrogens with one attached hydrogen (secondary N) is 1. The molecule has 4 aliphatic rings. The molecule has 1 aromatic rings. The Balaban J connectivity index is 1.36. The first-order valence-electron chi connectivity index (χ1n) is 16.9. The van der Waals surface area contributed by atoms with Crippen molar-refractivity contribution >= 4 is 23.0 Å². The molecule has 1 amide bonds. The molecular weight excluding hydrogens is 542 g/mol. The lowest BCUT2D eigenvalue weighted by Gasteiger charge is -2.50. The van der Waals surface area contributed by atoms with Gasteiger partial charge >= 0.3 is 5.91 Å². The van der Waals surface area contributed by atoms with Crippen molar-refractivity contribution in [2.75, 3.05) is 13.2 Å². The van der Waals surface area contributed by atoms with Gasteiger partial charge < -0.3 is 14.2 Å². The van der Waals surface area contributed by atoms with Crippen LogP contribution in [0.2, 0.25) is 0 Å². The Kier molecular flexibility index (Phi) is 12.2. The van der Waals surface area contributed by atoms with Crippen LogP contribution in [0, 0.1) is 11.8 Å². The maximum atomic E-state index is 13.1. The highest BCUT2D eigenvalue weighted by molar-refractivity contribution is 7.11. The van der Waals surface area contributed by atoms with E-state index in [0.717, 1.165) is 75.2 Å². The van der Waals surface area contributed by atoms with E-state index < -0.39 is 0 Å². The molecule has 2 saturated carbocycles. The molecule has 230 valence electrons. The summed E-state index contributed by atoms with van der Waals surface area (Å²) in [6.07, 6.45) is 25.4. The van der Waals surface area contributed by atoms with E-state index in [1.807, 2.05) is 23.6 Å². The molecule has 1 saturated heterocycles. The molecule has 1 N–H and O–H groups in total. The number of amides is 1. The van der Waals surface area contributed by atoms with E-state index in [-0.39, 0.29) is 30.3 Å². The summed E-state index contributed by atoms with van der Waals surface area (Å²) in [5.41, 5.74) is 3.63. The first-order chi connectivity index (χ1) is 20.7. The van der Waals surface area contributed by atoms with E-state index in [9.17, 15) is 4.79 Å². The van der Waals surface area contributed by atoms with Gasteiger partial charge in [-0.3, -0.25) is 0 Å². The van der Waals surface area contributed by atoms with Gasteiger partial charge in [-0.05, 0) is 61.6 Å². The fourth-order valence-corrected chi connectivity index (χ4v) is 8.01. The fraction of sp³-hybridized carbons (Fsp3) is 0.667. The van der Waals surface area contributed by atoms with Gasteiger partial charge in [-0.2, -0.15) is 4.99 Å². The molecule has 42 heavy (non-hydrogen) atoms. The minimum absolute atomic E-state index is 0.0291. The summed E-state index contributed by atoms with van der Waals surface area (Å²) < 4.78 is 19.8. The first kappa shape index (κ1) is 31.6. The van der Waals surface area contributed by atoms with Crippen LogP contribution < -0.4 is 4.99 Å². The number of ether oxygens (including phenoxy) is 3. The predicted molar refractivity (Wildman–Crippen MR) is 171 cm³/mol. The Morgan fingerprint density at radius 2 is 1.48 bits per heavy atom. The Morgan fingerprint density at radius 3 is 2.05 bits per heavy atom. The molecule has 0 bridgehead atoms. The zero-order chi connectivity index (χ0) is 29.1. The minimum Gasteiger partial charge on any atom is -0.378 e. The zero-order valence-electron chi connectivity index (χ0n) is 25.9. The SMILES string of the molecule is CCCCCCOC1CCC2C(=C3C=CC=CC3=[NH+]C(=O)c3cccs3)C3CCC(OCCCCCC)CC3OC2C1. The molecule has 6 unspecified atom stereocenters. The van der Waals surface area contributed by atoms with Crippen LogP contribution >= 0.6 is 11.3 Å². The number of fused-ring (bicyclic) bond motifs is 2. The van der Waals surface area contributed by atoms with Crippen LogP contribution in [0.4, 0.5) is 0 Å². The van der Waals surface area contributed by atoms with Gasteiger partial charge in [0.25, 0.3) is 0 Å². The van der Waals surface area contributed by atoms with Crippen LogP contribution in [0.25, 0.3) is 0 Å². The number of allylic oxidation sites excluding steroid dienone is 5. The summed E-state index contributed by atoms with van der Waals surface area (Å²) in [7, 11) is 0. The Labute approximate surface area is 257 Å². The van der Waals surface area contributed by atoms with Crippen molar-refractivity contribution in [3.63, 3.8) is 0 Å². The van der Waals surface area contributed by atoms with Crippen molar-refractivity contribution in [2.24, 2.45) is 11.8 Å². The van der Waals surface area contributed by atoms with Crippen LogP contribution in [0.5, 0.6) is 0 Å². The molecule has 3 fully saturated rings. The second-order valence-corrected chi connectivity index (χ2v) is 13.5. The molecule has 0 spiro atoms. The van der Waals surface area contributed by atoms with E-state index in [4.69, 9.17) is 14.2 Å². The van der Waals surface area contributed by atoms with Crippen LogP contribution in [0.3, 0.4) is 0 Å². The molecule has 6 heteroatoms. The van der Waals surface area contributed by atoms with E-state index in [1.54, 1.807) is 0 Å². The van der Waals surface area contributed by atoms with Gasteiger partial charge in [-0.1, -0.05) is 70.6 Å². The van der Waals surface area contributed by atoms with Crippen LogP contribution in [0.1, 0.15) is 113 Å². The summed E-state index contributed by atoms with van der Waals surface area (Å²) in [5.74, 6) is 0.688. The lowest BCUT2D eigenvalue weighted by atomic mass is 9.66. The van der Waals surface area contributed by atoms with E-state index in [0.29, 0.717) is 11.8 Å². The van der Waals surface area contributed by atoms with Crippen molar-refractivity contribution in [3.05, 3.63) is 57.8 Å².